The summed E-state index contributed by atoms with van der Waals surface area (Å²) in [4.78, 5) is 2.42. The van der Waals surface area contributed by atoms with Crippen LogP contribution in [0.5, 0.6) is 0 Å². The smallest absolute Gasteiger partial charge is 0.200 e. The molecule has 6 nitrogen and oxygen atoms in total. The first-order chi connectivity index (χ1) is 12.3. The van der Waals surface area contributed by atoms with Gasteiger partial charge in [0.1, 0.15) is 0 Å². The maximum Gasteiger partial charge on any atom is 0.200 e. The second-order valence-corrected chi connectivity index (χ2v) is 7.39. The third kappa shape index (κ3) is 2.47. The molecule has 1 saturated heterocycles. The topological polar surface area (TPSA) is 59.2 Å². The molecule has 1 aromatic carbocycles. The Balaban J connectivity index is 1.53. The van der Waals surface area contributed by atoms with Gasteiger partial charge in [-0.05, 0) is 65.8 Å². The Hall–Kier alpha value is -2.50. The lowest BCUT2D eigenvalue weighted by atomic mass is 9.70. The number of hydrogen-bond donors (Lipinski definition) is 0. The van der Waals surface area contributed by atoms with E-state index in [4.69, 9.17) is 0 Å². The quantitative estimate of drug-likeness (QED) is 0.685. The molecule has 5 rings (SSSR count). The molecule has 0 bridgehead atoms. The van der Waals surface area contributed by atoms with Gasteiger partial charge < -0.3 is 4.90 Å². The van der Waals surface area contributed by atoms with Crippen LogP contribution < -0.4 is 4.90 Å². The largest absolute Gasteiger partial charge is 0.354 e. The zero-order valence-electron chi connectivity index (χ0n) is 14.3. The molecule has 0 radical (unpaired) electrons. The monoisotopic (exact) mass is 334 g/mol. The maximum atomic E-state index is 4.62. The highest BCUT2D eigenvalue weighted by molar-refractivity contribution is 5.47. The Kier molecular flexibility index (Phi) is 3.43. The second-order valence-electron chi connectivity index (χ2n) is 7.39. The van der Waals surface area contributed by atoms with Crippen LogP contribution in [-0.2, 0) is 11.8 Å². The van der Waals surface area contributed by atoms with Crippen LogP contribution in [0, 0.1) is 0 Å². The third-order valence-corrected chi connectivity index (χ3v) is 5.90. The number of aromatic nitrogens is 5. The lowest BCUT2D eigenvalue weighted by Crippen LogP contribution is -2.46. The first-order valence-corrected chi connectivity index (χ1v) is 9.23. The van der Waals surface area contributed by atoms with E-state index in [1.165, 1.54) is 43.2 Å². The van der Waals surface area contributed by atoms with E-state index in [9.17, 15) is 0 Å². The molecule has 1 aliphatic carbocycles. The number of nitrogens with zero attached hydrogens (tertiary/aromatic N) is 6. The van der Waals surface area contributed by atoms with Crippen molar-refractivity contribution in [3.05, 3.63) is 47.5 Å². The highest BCUT2D eigenvalue weighted by atomic mass is 15.6. The minimum absolute atomic E-state index is 0.253. The number of fused-ring (bicyclic) bond motifs is 3. The molecule has 6 heteroatoms. The SMILES string of the molecule is c1ccc2c(c1)CCCCC21CCCN(c2ccc3nnnn3n2)C1. The van der Waals surface area contributed by atoms with Gasteiger partial charge in [-0.2, -0.15) is 0 Å². The van der Waals surface area contributed by atoms with Gasteiger partial charge in [0.2, 0.25) is 0 Å². The van der Waals surface area contributed by atoms with Crippen LogP contribution >= 0.6 is 0 Å². The Morgan fingerprint density at radius 2 is 1.88 bits per heavy atom. The summed E-state index contributed by atoms with van der Waals surface area (Å²) in [6.07, 6.45) is 7.56. The predicted molar refractivity (Wildman–Crippen MR) is 95.7 cm³/mol. The molecule has 2 aromatic heterocycles. The van der Waals surface area contributed by atoms with Gasteiger partial charge in [-0.15, -0.1) is 14.8 Å². The van der Waals surface area contributed by atoms with Crippen molar-refractivity contribution >= 4 is 11.5 Å². The van der Waals surface area contributed by atoms with E-state index in [2.05, 4.69) is 49.8 Å². The van der Waals surface area contributed by atoms with Crippen molar-refractivity contribution < 1.29 is 0 Å². The summed E-state index contributed by atoms with van der Waals surface area (Å²) in [5.41, 5.74) is 4.06. The molecular weight excluding hydrogens is 312 g/mol. The molecule has 3 aromatic rings. The van der Waals surface area contributed by atoms with Crippen LogP contribution in [-0.4, -0.2) is 38.3 Å². The zero-order valence-corrected chi connectivity index (χ0v) is 14.3. The van der Waals surface area contributed by atoms with Crippen LogP contribution in [0.4, 0.5) is 5.82 Å². The first-order valence-electron chi connectivity index (χ1n) is 9.23. The fraction of sp³-hybridized carbons (Fsp3) is 0.474. The number of rotatable bonds is 1. The molecule has 1 spiro atoms. The normalized spacial score (nSPS) is 23.6. The molecule has 1 aliphatic heterocycles. The fourth-order valence-corrected chi connectivity index (χ4v) is 4.73. The van der Waals surface area contributed by atoms with E-state index in [1.54, 1.807) is 11.1 Å². The van der Waals surface area contributed by atoms with Crippen molar-refractivity contribution in [3.63, 3.8) is 0 Å². The third-order valence-electron chi connectivity index (χ3n) is 5.90. The van der Waals surface area contributed by atoms with Crippen LogP contribution in [0.1, 0.15) is 43.2 Å². The number of anilines is 1. The van der Waals surface area contributed by atoms with Gasteiger partial charge in [-0.3, -0.25) is 0 Å². The van der Waals surface area contributed by atoms with E-state index in [1.807, 2.05) is 12.1 Å². The molecule has 2 aliphatic rings. The van der Waals surface area contributed by atoms with Crippen LogP contribution in [0.3, 0.4) is 0 Å². The molecule has 128 valence electrons. The molecule has 0 saturated carbocycles. The summed E-state index contributed by atoms with van der Waals surface area (Å²) in [6.45, 7) is 2.08. The van der Waals surface area contributed by atoms with E-state index in [-0.39, 0.29) is 5.41 Å². The first kappa shape index (κ1) is 14.8. The Labute approximate surface area is 146 Å². The minimum Gasteiger partial charge on any atom is -0.354 e. The summed E-state index contributed by atoms with van der Waals surface area (Å²) >= 11 is 0. The molecule has 1 atom stereocenters. The van der Waals surface area contributed by atoms with Crippen molar-refractivity contribution in [1.29, 1.82) is 0 Å². The summed E-state index contributed by atoms with van der Waals surface area (Å²) in [5.74, 6) is 0.973. The van der Waals surface area contributed by atoms with Gasteiger partial charge in [-0.25, -0.2) is 0 Å². The van der Waals surface area contributed by atoms with Gasteiger partial charge in [0.05, 0.1) is 0 Å². The average molecular weight is 334 g/mol. The predicted octanol–water partition coefficient (Wildman–Crippen LogP) is 2.78. The molecule has 0 amide bonds. The minimum atomic E-state index is 0.253. The van der Waals surface area contributed by atoms with Crippen molar-refractivity contribution in [1.82, 2.24) is 25.3 Å². The van der Waals surface area contributed by atoms with E-state index < -0.39 is 0 Å². The number of benzene rings is 1. The van der Waals surface area contributed by atoms with Crippen molar-refractivity contribution in [2.45, 2.75) is 43.9 Å². The van der Waals surface area contributed by atoms with Crippen molar-refractivity contribution in [3.8, 4) is 0 Å². The van der Waals surface area contributed by atoms with Crippen LogP contribution in [0.25, 0.3) is 5.65 Å². The van der Waals surface area contributed by atoms with E-state index in [0.717, 1.165) is 18.9 Å². The zero-order chi connectivity index (χ0) is 16.7. The number of tetrazole rings is 1. The molecule has 1 unspecified atom stereocenters. The second kappa shape index (κ2) is 5.79. The lowest BCUT2D eigenvalue weighted by molar-refractivity contribution is 0.315. The Bertz CT molecular complexity index is 904. The Morgan fingerprint density at radius 3 is 2.88 bits per heavy atom. The number of hydrogen-bond acceptors (Lipinski definition) is 5. The fourth-order valence-electron chi connectivity index (χ4n) is 4.73. The molecule has 3 heterocycles. The van der Waals surface area contributed by atoms with Crippen LogP contribution in [0.15, 0.2) is 36.4 Å². The standard InChI is InChI=1S/C19H22N6/c1-2-8-16-15(6-1)7-3-4-11-19(16)12-5-13-24(14-19)18-10-9-17-20-22-23-25(17)21-18/h1-2,6,8-10H,3-5,7,11-14H2. The van der Waals surface area contributed by atoms with Gasteiger partial charge in [0.15, 0.2) is 11.5 Å². The van der Waals surface area contributed by atoms with Crippen molar-refractivity contribution in [2.75, 3.05) is 18.0 Å². The summed E-state index contributed by atoms with van der Waals surface area (Å²) < 4.78 is 1.53. The Morgan fingerprint density at radius 1 is 0.960 bits per heavy atom. The summed E-state index contributed by atoms with van der Waals surface area (Å²) in [6, 6.07) is 13.1. The molecule has 0 N–H and O–H groups in total. The van der Waals surface area contributed by atoms with Gasteiger partial charge in [-0.1, -0.05) is 30.7 Å². The van der Waals surface area contributed by atoms with Gasteiger partial charge in [0, 0.05) is 18.5 Å². The highest BCUT2D eigenvalue weighted by Crippen LogP contribution is 2.43. The highest BCUT2D eigenvalue weighted by Gasteiger charge is 2.39. The number of aryl methyl sites for hydroxylation is 1. The lowest BCUT2D eigenvalue weighted by Gasteiger charge is -2.44. The van der Waals surface area contributed by atoms with Crippen LogP contribution in [0.2, 0.25) is 0 Å². The van der Waals surface area contributed by atoms with E-state index in [0.29, 0.717) is 5.65 Å². The maximum absolute atomic E-state index is 4.62. The van der Waals surface area contributed by atoms with Crippen molar-refractivity contribution in [2.24, 2.45) is 0 Å². The van der Waals surface area contributed by atoms with E-state index >= 15 is 0 Å². The molecular formula is C19H22N6. The molecule has 25 heavy (non-hydrogen) atoms. The average Bonchev–Trinajstić information content (AvgIpc) is 3.06. The molecule has 1 fully saturated rings. The summed E-state index contributed by atoms with van der Waals surface area (Å²) in [7, 11) is 0. The van der Waals surface area contributed by atoms with Gasteiger partial charge in [0.25, 0.3) is 0 Å². The summed E-state index contributed by atoms with van der Waals surface area (Å²) in [5, 5.41) is 16.2. The number of piperidine rings is 1. The van der Waals surface area contributed by atoms with Gasteiger partial charge >= 0.3 is 0 Å².